The van der Waals surface area contributed by atoms with Gasteiger partial charge in [0.15, 0.2) is 0 Å². The van der Waals surface area contributed by atoms with Gasteiger partial charge in [0.1, 0.15) is 5.75 Å². The number of aliphatic hydroxyl groups is 1. The van der Waals surface area contributed by atoms with Crippen molar-refractivity contribution in [2.45, 2.75) is 38.7 Å². The highest BCUT2D eigenvalue weighted by atomic mass is 16.5. The van der Waals surface area contributed by atoms with Crippen molar-refractivity contribution in [3.63, 3.8) is 0 Å². The minimum Gasteiger partial charge on any atom is -0.493 e. The third kappa shape index (κ3) is 3.02. The summed E-state index contributed by atoms with van der Waals surface area (Å²) in [4.78, 5) is 0. The second-order valence-corrected chi connectivity index (χ2v) is 5.12. The van der Waals surface area contributed by atoms with E-state index in [1.807, 2.05) is 31.2 Å². The highest BCUT2D eigenvalue weighted by molar-refractivity contribution is 5.28. The fourth-order valence-corrected chi connectivity index (χ4v) is 1.97. The van der Waals surface area contributed by atoms with Crippen LogP contribution in [0.5, 0.6) is 5.75 Å². The molecule has 0 bridgehead atoms. The molecule has 1 atom stereocenters. The molecule has 1 saturated carbocycles. The Balaban J connectivity index is 1.89. The third-order valence-electron chi connectivity index (χ3n) is 3.61. The van der Waals surface area contributed by atoms with E-state index in [0.29, 0.717) is 19.4 Å². The number of hydrogen-bond donors (Lipinski definition) is 1. The number of nitrogens with zero attached hydrogens (tertiary/aromatic N) is 1. The Labute approximate surface area is 108 Å². The molecule has 0 radical (unpaired) electrons. The van der Waals surface area contributed by atoms with Crippen molar-refractivity contribution in [3.05, 3.63) is 29.8 Å². The van der Waals surface area contributed by atoms with Gasteiger partial charge in [-0.25, -0.2) is 0 Å². The van der Waals surface area contributed by atoms with Crippen molar-refractivity contribution in [1.29, 1.82) is 5.26 Å². The Kier molecular flexibility index (Phi) is 3.88. The molecular weight excluding hydrogens is 226 g/mol. The molecule has 1 fully saturated rings. The fourth-order valence-electron chi connectivity index (χ4n) is 1.97. The van der Waals surface area contributed by atoms with E-state index in [4.69, 9.17) is 10.00 Å². The van der Waals surface area contributed by atoms with Gasteiger partial charge in [-0.05, 0) is 37.0 Å². The zero-order valence-electron chi connectivity index (χ0n) is 10.7. The van der Waals surface area contributed by atoms with Crippen molar-refractivity contribution in [1.82, 2.24) is 0 Å². The van der Waals surface area contributed by atoms with Gasteiger partial charge in [0.05, 0.1) is 18.8 Å². The van der Waals surface area contributed by atoms with Gasteiger partial charge in [-0.15, -0.1) is 0 Å². The quantitative estimate of drug-likeness (QED) is 0.837. The largest absolute Gasteiger partial charge is 0.493 e. The second-order valence-electron chi connectivity index (χ2n) is 5.12. The van der Waals surface area contributed by atoms with Crippen LogP contribution in [0, 0.1) is 16.7 Å². The van der Waals surface area contributed by atoms with Crippen molar-refractivity contribution in [2.24, 2.45) is 5.41 Å². The van der Waals surface area contributed by atoms with Gasteiger partial charge in [-0.3, -0.25) is 0 Å². The normalized spacial score (nSPS) is 17.8. The van der Waals surface area contributed by atoms with Crippen LogP contribution in [0.15, 0.2) is 24.3 Å². The average Bonchev–Trinajstić information content (AvgIpc) is 3.17. The maximum Gasteiger partial charge on any atom is 0.119 e. The molecule has 0 amide bonds. The molecule has 2 rings (SSSR count). The number of hydrogen-bond acceptors (Lipinski definition) is 3. The van der Waals surface area contributed by atoms with Crippen LogP contribution in [0.1, 0.15) is 44.3 Å². The molecule has 1 aliphatic rings. The standard InChI is InChI=1S/C15H19NO2/c1-2-14(17)12-3-5-13(6-4-12)18-11-15(7-8-15)9-10-16/h3-6,14,17H,2,7-9,11H2,1H3. The number of rotatable bonds is 6. The Morgan fingerprint density at radius 3 is 2.56 bits per heavy atom. The summed E-state index contributed by atoms with van der Waals surface area (Å²) in [7, 11) is 0. The van der Waals surface area contributed by atoms with Crippen LogP contribution >= 0.6 is 0 Å². The highest BCUT2D eigenvalue weighted by Crippen LogP contribution is 2.48. The Morgan fingerprint density at radius 2 is 2.06 bits per heavy atom. The molecule has 0 aromatic heterocycles. The zero-order chi connectivity index (χ0) is 13.0. The molecule has 1 unspecified atom stereocenters. The molecule has 1 aromatic carbocycles. The summed E-state index contributed by atoms with van der Waals surface area (Å²) in [5, 5.41) is 18.4. The molecule has 1 aromatic rings. The summed E-state index contributed by atoms with van der Waals surface area (Å²) in [6, 6.07) is 9.79. The number of ether oxygens (including phenoxy) is 1. The van der Waals surface area contributed by atoms with E-state index in [0.717, 1.165) is 24.2 Å². The van der Waals surface area contributed by atoms with Crippen LogP contribution < -0.4 is 4.74 Å². The summed E-state index contributed by atoms with van der Waals surface area (Å²) in [6.45, 7) is 2.57. The first-order chi connectivity index (χ1) is 8.69. The van der Waals surface area contributed by atoms with Crippen LogP contribution in [0.3, 0.4) is 0 Å². The van der Waals surface area contributed by atoms with E-state index in [1.54, 1.807) is 0 Å². The van der Waals surface area contributed by atoms with E-state index >= 15 is 0 Å². The molecule has 0 heterocycles. The zero-order valence-corrected chi connectivity index (χ0v) is 10.7. The monoisotopic (exact) mass is 245 g/mol. The predicted molar refractivity (Wildman–Crippen MR) is 69.1 cm³/mol. The first-order valence-corrected chi connectivity index (χ1v) is 6.47. The van der Waals surface area contributed by atoms with Gasteiger partial charge < -0.3 is 9.84 Å². The molecule has 1 aliphatic carbocycles. The fraction of sp³-hybridized carbons (Fsp3) is 0.533. The number of aliphatic hydroxyl groups excluding tert-OH is 1. The maximum atomic E-state index is 9.68. The van der Waals surface area contributed by atoms with Crippen LogP contribution in [-0.4, -0.2) is 11.7 Å². The lowest BCUT2D eigenvalue weighted by Crippen LogP contribution is -2.12. The third-order valence-corrected chi connectivity index (χ3v) is 3.61. The summed E-state index contributed by atoms with van der Waals surface area (Å²) in [5.74, 6) is 0.811. The Hall–Kier alpha value is -1.53. The van der Waals surface area contributed by atoms with Crippen LogP contribution in [0.2, 0.25) is 0 Å². The molecule has 1 N–H and O–H groups in total. The van der Waals surface area contributed by atoms with Gasteiger partial charge in [-0.2, -0.15) is 5.26 Å². The van der Waals surface area contributed by atoms with E-state index in [9.17, 15) is 5.11 Å². The molecule has 18 heavy (non-hydrogen) atoms. The lowest BCUT2D eigenvalue weighted by atomic mass is 10.1. The molecule has 0 saturated heterocycles. The van der Waals surface area contributed by atoms with Gasteiger partial charge in [0.2, 0.25) is 0 Å². The Bertz CT molecular complexity index is 429. The van der Waals surface area contributed by atoms with Crippen LogP contribution in [0.25, 0.3) is 0 Å². The smallest absolute Gasteiger partial charge is 0.119 e. The van der Waals surface area contributed by atoms with E-state index in [1.165, 1.54) is 0 Å². The first kappa shape index (κ1) is 12.9. The first-order valence-electron chi connectivity index (χ1n) is 6.47. The lowest BCUT2D eigenvalue weighted by Gasteiger charge is -2.14. The minimum absolute atomic E-state index is 0.107. The highest BCUT2D eigenvalue weighted by Gasteiger charge is 2.43. The van der Waals surface area contributed by atoms with Gasteiger partial charge in [-0.1, -0.05) is 19.1 Å². The second kappa shape index (κ2) is 5.41. The number of nitriles is 1. The van der Waals surface area contributed by atoms with Gasteiger partial charge in [0.25, 0.3) is 0 Å². The predicted octanol–water partition coefficient (Wildman–Crippen LogP) is 3.20. The Morgan fingerprint density at radius 1 is 1.39 bits per heavy atom. The van der Waals surface area contributed by atoms with Crippen LogP contribution in [-0.2, 0) is 0 Å². The van der Waals surface area contributed by atoms with Crippen molar-refractivity contribution in [3.8, 4) is 11.8 Å². The minimum atomic E-state index is -0.396. The summed E-state index contributed by atoms with van der Waals surface area (Å²) in [5.41, 5.74) is 1.03. The van der Waals surface area contributed by atoms with Crippen molar-refractivity contribution >= 4 is 0 Å². The van der Waals surface area contributed by atoms with Crippen LogP contribution in [0.4, 0.5) is 0 Å². The molecule has 3 nitrogen and oxygen atoms in total. The summed E-state index contributed by atoms with van der Waals surface area (Å²) < 4.78 is 5.72. The molecular formula is C15H19NO2. The van der Waals surface area contributed by atoms with E-state index < -0.39 is 6.10 Å². The van der Waals surface area contributed by atoms with E-state index in [-0.39, 0.29) is 5.41 Å². The summed E-state index contributed by atoms with van der Waals surface area (Å²) >= 11 is 0. The molecule has 0 aliphatic heterocycles. The van der Waals surface area contributed by atoms with Gasteiger partial charge >= 0.3 is 0 Å². The SMILES string of the molecule is CCC(O)c1ccc(OCC2(CC#N)CC2)cc1. The van der Waals surface area contributed by atoms with Crippen molar-refractivity contribution < 1.29 is 9.84 Å². The number of benzene rings is 1. The molecule has 0 spiro atoms. The van der Waals surface area contributed by atoms with E-state index in [2.05, 4.69) is 6.07 Å². The molecule has 96 valence electrons. The maximum absolute atomic E-state index is 9.68. The van der Waals surface area contributed by atoms with Gasteiger partial charge in [0, 0.05) is 11.8 Å². The average molecular weight is 245 g/mol. The lowest BCUT2D eigenvalue weighted by molar-refractivity contribution is 0.173. The van der Waals surface area contributed by atoms with Crippen molar-refractivity contribution in [2.75, 3.05) is 6.61 Å². The molecule has 3 heteroatoms. The summed E-state index contributed by atoms with van der Waals surface area (Å²) in [6.07, 6.45) is 3.08. The topological polar surface area (TPSA) is 53.2 Å².